The van der Waals surface area contributed by atoms with Crippen molar-refractivity contribution >= 4 is 17.5 Å². The number of halogens is 2. The summed E-state index contributed by atoms with van der Waals surface area (Å²) in [4.78, 5) is 17.8. The highest BCUT2D eigenvalue weighted by molar-refractivity contribution is 6.32. The van der Waals surface area contributed by atoms with Gasteiger partial charge in [0.2, 0.25) is 0 Å². The van der Waals surface area contributed by atoms with E-state index in [1.807, 2.05) is 13.8 Å². The fraction of sp³-hybridized carbons (Fsp3) is 0.571. The van der Waals surface area contributed by atoms with Gasteiger partial charge >= 0.3 is 0 Å². The molecule has 0 unspecified atom stereocenters. The smallest absolute Gasteiger partial charge is 0.257 e. The van der Waals surface area contributed by atoms with Crippen LogP contribution in [0.5, 0.6) is 0 Å². The van der Waals surface area contributed by atoms with E-state index >= 15 is 0 Å². The Labute approximate surface area is 118 Å². The van der Waals surface area contributed by atoms with E-state index in [1.165, 1.54) is 0 Å². The lowest BCUT2D eigenvalue weighted by atomic mass is 10.1. The average Bonchev–Trinajstić information content (AvgIpc) is 2.36. The second-order valence-corrected chi connectivity index (χ2v) is 5.15. The van der Waals surface area contributed by atoms with Crippen molar-refractivity contribution in [2.24, 2.45) is 0 Å². The lowest BCUT2D eigenvalue weighted by Gasteiger charge is -2.27. The molecule has 0 bridgehead atoms. The molecule has 0 radical (unpaired) electrons. The summed E-state index contributed by atoms with van der Waals surface area (Å²) in [6.07, 6.45) is 4.09. The van der Waals surface area contributed by atoms with Gasteiger partial charge in [0.25, 0.3) is 5.91 Å². The topological polar surface area (TPSA) is 33.2 Å². The number of hydrogen-bond donors (Lipinski definition) is 0. The number of aromatic nitrogens is 1. The van der Waals surface area contributed by atoms with Gasteiger partial charge in [0.1, 0.15) is 11.0 Å². The van der Waals surface area contributed by atoms with Crippen LogP contribution in [0, 0.1) is 5.82 Å². The van der Waals surface area contributed by atoms with E-state index < -0.39 is 5.82 Å². The van der Waals surface area contributed by atoms with Crippen LogP contribution in [0.25, 0.3) is 0 Å². The van der Waals surface area contributed by atoms with Gasteiger partial charge in [0.15, 0.2) is 0 Å². The molecule has 19 heavy (non-hydrogen) atoms. The average molecular weight is 287 g/mol. The quantitative estimate of drug-likeness (QED) is 0.587. The van der Waals surface area contributed by atoms with Crippen LogP contribution in [-0.4, -0.2) is 28.4 Å². The maximum atomic E-state index is 13.2. The molecule has 0 saturated heterocycles. The van der Waals surface area contributed by atoms with Gasteiger partial charge in [-0.3, -0.25) is 4.79 Å². The molecular weight excluding hydrogens is 267 g/mol. The second-order valence-electron chi connectivity index (χ2n) is 4.79. The zero-order valence-electron chi connectivity index (χ0n) is 11.6. The zero-order chi connectivity index (χ0) is 14.4. The van der Waals surface area contributed by atoms with Crippen LogP contribution >= 0.6 is 11.6 Å². The molecule has 0 N–H and O–H groups in total. The number of amides is 1. The molecule has 1 amide bonds. The predicted octanol–water partition coefficient (Wildman–Crippen LogP) is 3.91. The second kappa shape index (κ2) is 7.43. The Hall–Kier alpha value is -1.16. The van der Waals surface area contributed by atoms with Crippen molar-refractivity contribution in [3.63, 3.8) is 0 Å². The summed E-state index contributed by atoms with van der Waals surface area (Å²) in [5, 5.41) is 0.0486. The third kappa shape index (κ3) is 4.46. The third-order valence-electron chi connectivity index (χ3n) is 2.92. The molecule has 0 aromatic carbocycles. The number of unbranched alkanes of at least 4 members (excludes halogenated alkanes) is 2. The molecule has 1 aromatic rings. The van der Waals surface area contributed by atoms with Gasteiger partial charge in [-0.15, -0.1) is 0 Å². The summed E-state index contributed by atoms with van der Waals surface area (Å²) >= 11 is 5.88. The number of carbonyl (C=O) groups excluding carboxylic acids is 1. The minimum Gasteiger partial charge on any atom is -0.336 e. The Morgan fingerprint density at radius 1 is 1.47 bits per heavy atom. The summed E-state index contributed by atoms with van der Waals surface area (Å²) in [6.45, 7) is 6.63. The molecule has 0 spiro atoms. The lowest BCUT2D eigenvalue weighted by molar-refractivity contribution is 0.0701. The number of carbonyl (C=O) groups is 1. The summed E-state index contributed by atoms with van der Waals surface area (Å²) in [5.41, 5.74) is 0.131. The normalized spacial score (nSPS) is 10.8. The van der Waals surface area contributed by atoms with Crippen LogP contribution in [0.1, 0.15) is 50.4 Å². The van der Waals surface area contributed by atoms with Crippen LogP contribution in [0.2, 0.25) is 5.15 Å². The lowest BCUT2D eigenvalue weighted by Crippen LogP contribution is -2.38. The Morgan fingerprint density at radius 2 is 2.16 bits per heavy atom. The van der Waals surface area contributed by atoms with Crippen molar-refractivity contribution in [1.82, 2.24) is 9.88 Å². The van der Waals surface area contributed by atoms with Crippen LogP contribution in [-0.2, 0) is 0 Å². The standard InChI is InChI=1S/C14H20ClFN2O/c1-4-5-6-7-18(10(2)3)14(19)12-8-11(16)9-17-13(12)15/h8-10H,4-7H2,1-3H3. The number of pyridine rings is 1. The van der Waals surface area contributed by atoms with Gasteiger partial charge in [-0.05, 0) is 26.3 Å². The van der Waals surface area contributed by atoms with E-state index in [0.29, 0.717) is 6.54 Å². The van der Waals surface area contributed by atoms with Crippen LogP contribution in [0.4, 0.5) is 4.39 Å². The zero-order valence-corrected chi connectivity index (χ0v) is 12.4. The molecule has 0 aliphatic carbocycles. The van der Waals surface area contributed by atoms with Gasteiger partial charge in [-0.2, -0.15) is 0 Å². The minimum atomic E-state index is -0.551. The van der Waals surface area contributed by atoms with Gasteiger partial charge in [0.05, 0.1) is 11.8 Å². The third-order valence-corrected chi connectivity index (χ3v) is 3.22. The molecule has 1 aromatic heterocycles. The van der Waals surface area contributed by atoms with Crippen molar-refractivity contribution in [1.29, 1.82) is 0 Å². The highest BCUT2D eigenvalue weighted by atomic mass is 35.5. The Balaban J connectivity index is 2.89. The highest BCUT2D eigenvalue weighted by Gasteiger charge is 2.21. The van der Waals surface area contributed by atoms with E-state index in [1.54, 1.807) is 4.90 Å². The maximum absolute atomic E-state index is 13.2. The molecule has 0 aliphatic heterocycles. The van der Waals surface area contributed by atoms with Gasteiger partial charge in [-0.1, -0.05) is 31.4 Å². The first-order valence-electron chi connectivity index (χ1n) is 6.59. The van der Waals surface area contributed by atoms with Gasteiger partial charge in [0, 0.05) is 12.6 Å². The Morgan fingerprint density at radius 3 is 2.74 bits per heavy atom. The molecule has 0 saturated carbocycles. The van der Waals surface area contributed by atoms with Crippen LogP contribution in [0.3, 0.4) is 0 Å². The fourth-order valence-corrected chi connectivity index (χ4v) is 2.04. The largest absolute Gasteiger partial charge is 0.336 e. The molecule has 5 heteroatoms. The van der Waals surface area contributed by atoms with E-state index in [4.69, 9.17) is 11.6 Å². The molecule has 1 heterocycles. The summed E-state index contributed by atoms with van der Waals surface area (Å²) in [6, 6.07) is 1.19. The molecule has 0 fully saturated rings. The van der Waals surface area contributed by atoms with Gasteiger partial charge in [-0.25, -0.2) is 9.37 Å². The number of nitrogens with zero attached hydrogens (tertiary/aromatic N) is 2. The first-order valence-corrected chi connectivity index (χ1v) is 6.97. The molecule has 1 rings (SSSR count). The highest BCUT2D eigenvalue weighted by Crippen LogP contribution is 2.18. The monoisotopic (exact) mass is 286 g/mol. The van der Waals surface area contributed by atoms with Gasteiger partial charge < -0.3 is 4.90 Å². The van der Waals surface area contributed by atoms with E-state index in [2.05, 4.69) is 11.9 Å². The first kappa shape index (κ1) is 15.9. The first-order chi connectivity index (χ1) is 8.97. The van der Waals surface area contributed by atoms with Crippen LogP contribution < -0.4 is 0 Å². The Kier molecular flexibility index (Phi) is 6.22. The fourth-order valence-electron chi connectivity index (χ4n) is 1.85. The molecular formula is C14H20ClFN2O. The van der Waals surface area contributed by atoms with Crippen molar-refractivity contribution in [3.8, 4) is 0 Å². The summed E-state index contributed by atoms with van der Waals surface area (Å²) < 4.78 is 13.2. The van der Waals surface area contributed by atoms with E-state index in [9.17, 15) is 9.18 Å². The van der Waals surface area contributed by atoms with Crippen molar-refractivity contribution < 1.29 is 9.18 Å². The van der Waals surface area contributed by atoms with Crippen molar-refractivity contribution in [3.05, 3.63) is 28.8 Å². The van der Waals surface area contributed by atoms with E-state index in [0.717, 1.165) is 31.5 Å². The van der Waals surface area contributed by atoms with Crippen LogP contribution in [0.15, 0.2) is 12.3 Å². The van der Waals surface area contributed by atoms with Crippen molar-refractivity contribution in [2.45, 2.75) is 46.1 Å². The predicted molar refractivity (Wildman–Crippen MR) is 74.9 cm³/mol. The summed E-state index contributed by atoms with van der Waals surface area (Å²) in [5.74, 6) is -0.812. The SMILES string of the molecule is CCCCCN(C(=O)c1cc(F)cnc1Cl)C(C)C. The maximum Gasteiger partial charge on any atom is 0.257 e. The molecule has 106 valence electrons. The molecule has 0 atom stereocenters. The number of hydrogen-bond acceptors (Lipinski definition) is 2. The molecule has 0 aliphatic rings. The molecule has 3 nitrogen and oxygen atoms in total. The minimum absolute atomic E-state index is 0.0451. The Bertz CT molecular complexity index is 437. The number of rotatable bonds is 6. The van der Waals surface area contributed by atoms with Crippen molar-refractivity contribution in [2.75, 3.05) is 6.54 Å². The van der Waals surface area contributed by atoms with E-state index in [-0.39, 0.29) is 22.7 Å². The summed E-state index contributed by atoms with van der Waals surface area (Å²) in [7, 11) is 0.